The van der Waals surface area contributed by atoms with Gasteiger partial charge in [-0.25, -0.2) is 0 Å². The van der Waals surface area contributed by atoms with Crippen LogP contribution in [0.1, 0.15) is 49.7 Å². The lowest BCUT2D eigenvalue weighted by atomic mass is 9.49. The lowest BCUT2D eigenvalue weighted by Gasteiger charge is -2.58. The minimum atomic E-state index is -0.382. The zero-order valence-corrected chi connectivity index (χ0v) is 17.0. The molecule has 4 bridgehead atoms. The monoisotopic (exact) mass is 419 g/mol. The number of hydrogen-bond acceptors (Lipinski definition) is 3. The first-order chi connectivity index (χ1) is 12.3. The van der Waals surface area contributed by atoms with Crippen molar-refractivity contribution in [3.8, 4) is 0 Å². The number of rotatable bonds is 4. The Hall–Kier alpha value is -1.36. The number of hydrogen-bond donors (Lipinski definition) is 1. The fourth-order valence-electron chi connectivity index (χ4n) is 5.86. The van der Waals surface area contributed by atoms with Crippen LogP contribution in [-0.4, -0.2) is 22.8 Å². The van der Waals surface area contributed by atoms with Crippen LogP contribution in [-0.2, 0) is 14.3 Å². The Labute approximate surface area is 163 Å². The van der Waals surface area contributed by atoms with Crippen molar-refractivity contribution >= 4 is 33.5 Å². The van der Waals surface area contributed by atoms with Gasteiger partial charge in [-0.2, -0.15) is 0 Å². The van der Waals surface area contributed by atoms with Gasteiger partial charge in [-0.15, -0.1) is 0 Å². The van der Waals surface area contributed by atoms with Gasteiger partial charge in [-0.3, -0.25) is 9.59 Å². The molecule has 0 spiro atoms. The fraction of sp³-hybridized carbons (Fsp3) is 0.619. The van der Waals surface area contributed by atoms with Gasteiger partial charge in [0.2, 0.25) is 0 Å². The molecule has 4 aliphatic carbocycles. The molecule has 4 saturated carbocycles. The number of anilines is 1. The molecular formula is C21H26BrNO3. The Morgan fingerprint density at radius 1 is 1.15 bits per heavy atom. The van der Waals surface area contributed by atoms with Crippen molar-refractivity contribution in [2.75, 3.05) is 11.9 Å². The minimum Gasteiger partial charge on any atom is -0.455 e. The highest BCUT2D eigenvalue weighted by Crippen LogP contribution is 2.64. The molecule has 1 N–H and O–H groups in total. The van der Waals surface area contributed by atoms with E-state index in [0.717, 1.165) is 36.1 Å². The van der Waals surface area contributed by atoms with Crippen molar-refractivity contribution in [2.24, 2.45) is 17.3 Å². The molecule has 5 heteroatoms. The number of esters is 1. The normalized spacial score (nSPS) is 34.6. The summed E-state index contributed by atoms with van der Waals surface area (Å²) < 4.78 is 5.62. The van der Waals surface area contributed by atoms with Gasteiger partial charge < -0.3 is 10.1 Å². The Kier molecular flexibility index (Phi) is 4.41. The van der Waals surface area contributed by atoms with Crippen LogP contribution < -0.4 is 5.32 Å². The number of para-hydroxylation sites is 1. The molecule has 1 amide bonds. The first-order valence-electron chi connectivity index (χ1n) is 9.51. The third-order valence-electron chi connectivity index (χ3n) is 6.50. The second-order valence-corrected chi connectivity index (χ2v) is 10.5. The molecule has 5 rings (SSSR count). The summed E-state index contributed by atoms with van der Waals surface area (Å²) >= 11 is 3.91. The number of carbonyl (C=O) groups is 2. The average molecular weight is 420 g/mol. The summed E-state index contributed by atoms with van der Waals surface area (Å²) in [6.45, 7) is 3.71. The van der Waals surface area contributed by atoms with E-state index in [1.807, 2.05) is 32.0 Å². The van der Waals surface area contributed by atoms with Gasteiger partial charge in [-0.1, -0.05) is 34.1 Å². The lowest BCUT2D eigenvalue weighted by molar-refractivity contribution is -0.170. The number of ether oxygens (including phenoxy) is 1. The average Bonchev–Trinajstić information content (AvgIpc) is 2.54. The molecule has 0 aliphatic heterocycles. The van der Waals surface area contributed by atoms with Gasteiger partial charge in [0.1, 0.15) is 0 Å². The van der Waals surface area contributed by atoms with Crippen LogP contribution >= 0.6 is 15.9 Å². The third-order valence-corrected chi connectivity index (χ3v) is 7.43. The molecule has 1 aromatic carbocycles. The number of carbonyl (C=O) groups excluding carboxylic acids is 2. The lowest BCUT2D eigenvalue weighted by Crippen LogP contribution is -2.56. The van der Waals surface area contributed by atoms with Gasteiger partial charge >= 0.3 is 5.97 Å². The molecule has 4 nitrogen and oxygen atoms in total. The van der Waals surface area contributed by atoms with E-state index in [2.05, 4.69) is 21.2 Å². The number of benzene rings is 1. The van der Waals surface area contributed by atoms with Crippen molar-refractivity contribution in [3.63, 3.8) is 0 Å². The number of amides is 1. The van der Waals surface area contributed by atoms with Gasteiger partial charge in [0.15, 0.2) is 6.61 Å². The molecule has 0 aromatic heterocycles. The molecule has 0 radical (unpaired) electrons. The Balaban J connectivity index is 1.39. The van der Waals surface area contributed by atoms with Crippen LogP contribution in [0.3, 0.4) is 0 Å². The predicted molar refractivity (Wildman–Crippen MR) is 104 cm³/mol. The standard InChI is InChI=1S/C21H26BrNO3/c1-13-4-3-5-14(2)18(13)23-17(24)11-26-19(25)20-7-15-6-16(8-20)10-21(22,9-15)12-20/h3-5,15-16H,6-12H2,1-2H3,(H,23,24)/t15-,16-,20?,21?/m0/s1. The summed E-state index contributed by atoms with van der Waals surface area (Å²) in [5.74, 6) is 0.791. The third kappa shape index (κ3) is 3.19. The quantitative estimate of drug-likeness (QED) is 0.576. The zero-order valence-electron chi connectivity index (χ0n) is 15.4. The summed E-state index contributed by atoms with van der Waals surface area (Å²) in [7, 11) is 0. The largest absolute Gasteiger partial charge is 0.455 e. The molecule has 2 atom stereocenters. The number of nitrogens with one attached hydrogen (secondary N) is 1. The highest BCUT2D eigenvalue weighted by Gasteiger charge is 2.60. The number of aryl methyl sites for hydroxylation is 2. The predicted octanol–water partition coefficient (Wildman–Crippen LogP) is 4.52. The first kappa shape index (κ1) is 18.0. The van der Waals surface area contributed by atoms with Crippen LogP contribution in [0.2, 0.25) is 0 Å². The molecule has 26 heavy (non-hydrogen) atoms. The van der Waals surface area contributed by atoms with E-state index < -0.39 is 0 Å². The number of alkyl halides is 1. The molecule has 4 fully saturated rings. The van der Waals surface area contributed by atoms with E-state index in [1.54, 1.807) is 0 Å². The second-order valence-electron chi connectivity index (χ2n) is 8.78. The summed E-state index contributed by atoms with van der Waals surface area (Å²) in [5.41, 5.74) is 2.44. The van der Waals surface area contributed by atoms with Crippen molar-refractivity contribution in [2.45, 2.75) is 56.7 Å². The zero-order chi connectivity index (χ0) is 18.5. The first-order valence-corrected chi connectivity index (χ1v) is 10.3. The van der Waals surface area contributed by atoms with Gasteiger partial charge in [-0.05, 0) is 75.3 Å². The maximum absolute atomic E-state index is 12.9. The van der Waals surface area contributed by atoms with Crippen molar-refractivity contribution < 1.29 is 14.3 Å². The van der Waals surface area contributed by atoms with Gasteiger partial charge in [0.25, 0.3) is 5.91 Å². The Morgan fingerprint density at radius 3 is 2.35 bits per heavy atom. The van der Waals surface area contributed by atoms with E-state index in [0.29, 0.717) is 11.8 Å². The van der Waals surface area contributed by atoms with Gasteiger partial charge in [0, 0.05) is 10.0 Å². The molecule has 140 valence electrons. The van der Waals surface area contributed by atoms with E-state index in [4.69, 9.17) is 4.74 Å². The summed E-state index contributed by atoms with van der Waals surface area (Å²) in [4.78, 5) is 25.2. The highest BCUT2D eigenvalue weighted by atomic mass is 79.9. The summed E-state index contributed by atoms with van der Waals surface area (Å²) in [6, 6.07) is 5.88. The van der Waals surface area contributed by atoms with Crippen molar-refractivity contribution in [3.05, 3.63) is 29.3 Å². The van der Waals surface area contributed by atoms with Crippen LogP contribution in [0.15, 0.2) is 18.2 Å². The van der Waals surface area contributed by atoms with Crippen molar-refractivity contribution in [1.29, 1.82) is 0 Å². The topological polar surface area (TPSA) is 55.4 Å². The smallest absolute Gasteiger partial charge is 0.312 e. The molecule has 0 saturated heterocycles. The summed E-state index contributed by atoms with van der Waals surface area (Å²) in [5, 5.41) is 2.89. The highest BCUT2D eigenvalue weighted by molar-refractivity contribution is 9.10. The fourth-order valence-corrected chi connectivity index (χ4v) is 7.31. The SMILES string of the molecule is Cc1cccc(C)c1NC(=O)COC(=O)C12C[C@@H]3C[C@H](CC(Br)(C3)C1)C2. The minimum absolute atomic E-state index is 0.108. The summed E-state index contributed by atoms with van der Waals surface area (Å²) in [6.07, 6.45) is 6.29. The van der Waals surface area contributed by atoms with Crippen molar-refractivity contribution in [1.82, 2.24) is 0 Å². The van der Waals surface area contributed by atoms with Gasteiger partial charge in [0.05, 0.1) is 5.41 Å². The van der Waals surface area contributed by atoms with E-state index >= 15 is 0 Å². The van der Waals surface area contributed by atoms with Crippen LogP contribution in [0, 0.1) is 31.1 Å². The molecule has 4 aliphatic rings. The molecule has 1 aromatic rings. The van der Waals surface area contributed by atoms with Crippen LogP contribution in [0.25, 0.3) is 0 Å². The van der Waals surface area contributed by atoms with Crippen LogP contribution in [0.5, 0.6) is 0 Å². The Bertz CT molecular complexity index is 725. The molecular weight excluding hydrogens is 394 g/mol. The van der Waals surface area contributed by atoms with E-state index in [9.17, 15) is 9.59 Å². The Morgan fingerprint density at radius 2 is 1.77 bits per heavy atom. The second kappa shape index (κ2) is 6.36. The molecule has 0 unspecified atom stereocenters. The van der Waals surface area contributed by atoms with Crippen LogP contribution in [0.4, 0.5) is 5.69 Å². The number of halogens is 1. The molecule has 0 heterocycles. The maximum Gasteiger partial charge on any atom is 0.312 e. The van der Waals surface area contributed by atoms with E-state index in [1.165, 1.54) is 19.3 Å². The maximum atomic E-state index is 12.9. The van der Waals surface area contributed by atoms with E-state index in [-0.39, 0.29) is 28.2 Å².